The van der Waals surface area contributed by atoms with E-state index in [0.717, 1.165) is 4.90 Å². The number of aliphatic hydroxyl groups is 1. The summed E-state index contributed by atoms with van der Waals surface area (Å²) < 4.78 is 5.77. The lowest BCUT2D eigenvalue weighted by molar-refractivity contribution is -0.387. The van der Waals surface area contributed by atoms with Gasteiger partial charge in [-0.25, -0.2) is 0 Å². The highest BCUT2D eigenvalue weighted by Gasteiger charge is 2.22. The molecule has 0 aliphatic carbocycles. The van der Waals surface area contributed by atoms with Crippen molar-refractivity contribution in [2.75, 3.05) is 7.11 Å². The third kappa shape index (κ3) is 3.12. The number of hydrogen-bond acceptors (Lipinski definition) is 6. The van der Waals surface area contributed by atoms with E-state index in [9.17, 15) is 15.2 Å². The Morgan fingerprint density at radius 2 is 2.15 bits per heavy atom. The van der Waals surface area contributed by atoms with Crippen LogP contribution in [0.3, 0.4) is 0 Å². The molecule has 0 radical (unpaired) electrons. The summed E-state index contributed by atoms with van der Waals surface area (Å²) in [6, 6.07) is 8.76. The third-order valence-electron chi connectivity index (χ3n) is 2.58. The molecule has 5 nitrogen and oxygen atoms in total. The number of nitrogens with zero attached hydrogens (tertiary/aromatic N) is 1. The molecule has 1 heterocycles. The second-order valence-corrected chi connectivity index (χ2v) is 6.40. The van der Waals surface area contributed by atoms with Crippen molar-refractivity contribution in [1.29, 1.82) is 0 Å². The van der Waals surface area contributed by atoms with E-state index in [0.29, 0.717) is 14.8 Å². The van der Waals surface area contributed by atoms with Crippen LogP contribution in [0.1, 0.15) is 17.9 Å². The quantitative estimate of drug-likeness (QED) is 0.670. The Morgan fingerprint density at radius 1 is 1.45 bits per heavy atom. The standard InChI is InChI=1S/C13H13NO4S2/c1-8(15)12-7-9(14(16)17)13(20-12)19-11-6-4-3-5-10(11)18-2/h3-8,15H,1-2H3. The fourth-order valence-corrected chi connectivity index (χ4v) is 3.95. The molecule has 1 N–H and O–H groups in total. The van der Waals surface area contributed by atoms with Gasteiger partial charge in [-0.05, 0) is 19.1 Å². The van der Waals surface area contributed by atoms with Crippen molar-refractivity contribution in [3.63, 3.8) is 0 Å². The molecule has 7 heteroatoms. The highest BCUT2D eigenvalue weighted by Crippen LogP contribution is 2.45. The van der Waals surface area contributed by atoms with E-state index in [-0.39, 0.29) is 5.69 Å². The van der Waals surface area contributed by atoms with Crippen molar-refractivity contribution in [2.24, 2.45) is 0 Å². The lowest BCUT2D eigenvalue weighted by Crippen LogP contribution is -1.88. The Bertz CT molecular complexity index is 625. The molecule has 0 aliphatic heterocycles. The summed E-state index contributed by atoms with van der Waals surface area (Å²) >= 11 is 2.50. The summed E-state index contributed by atoms with van der Waals surface area (Å²) in [6.45, 7) is 1.59. The minimum absolute atomic E-state index is 0.0156. The van der Waals surface area contributed by atoms with E-state index in [4.69, 9.17) is 4.74 Å². The van der Waals surface area contributed by atoms with Crippen molar-refractivity contribution in [2.45, 2.75) is 22.1 Å². The minimum atomic E-state index is -0.717. The molecule has 0 spiro atoms. The number of methoxy groups -OCH3 is 1. The summed E-state index contributed by atoms with van der Waals surface area (Å²) in [6.07, 6.45) is -0.717. The third-order valence-corrected chi connectivity index (χ3v) is 5.12. The molecule has 2 aromatic rings. The number of benzene rings is 1. The average Bonchev–Trinajstić information content (AvgIpc) is 2.84. The van der Waals surface area contributed by atoms with Crippen LogP contribution in [0.2, 0.25) is 0 Å². The van der Waals surface area contributed by atoms with Gasteiger partial charge < -0.3 is 9.84 Å². The number of rotatable bonds is 5. The molecule has 0 bridgehead atoms. The van der Waals surface area contributed by atoms with Gasteiger partial charge in [0.2, 0.25) is 0 Å². The van der Waals surface area contributed by atoms with Gasteiger partial charge in [-0.1, -0.05) is 23.9 Å². The smallest absolute Gasteiger partial charge is 0.294 e. The SMILES string of the molecule is COc1ccccc1Sc1sc(C(C)O)cc1[N+](=O)[O-]. The molecule has 106 valence electrons. The van der Waals surface area contributed by atoms with Crippen LogP contribution in [-0.2, 0) is 0 Å². The van der Waals surface area contributed by atoms with Crippen LogP contribution in [0.4, 0.5) is 5.69 Å². The van der Waals surface area contributed by atoms with E-state index < -0.39 is 11.0 Å². The predicted octanol–water partition coefficient (Wildman–Crippen LogP) is 3.87. The number of para-hydroxylation sites is 1. The van der Waals surface area contributed by atoms with E-state index in [1.54, 1.807) is 20.1 Å². The van der Waals surface area contributed by atoms with E-state index in [1.165, 1.54) is 29.2 Å². The van der Waals surface area contributed by atoms with Crippen molar-refractivity contribution >= 4 is 28.8 Å². The molecule has 1 aromatic carbocycles. The molecule has 2 rings (SSSR count). The van der Waals surface area contributed by atoms with Gasteiger partial charge in [-0.15, -0.1) is 11.3 Å². The molecule has 0 amide bonds. The van der Waals surface area contributed by atoms with Crippen LogP contribution in [0.15, 0.2) is 39.4 Å². The zero-order valence-corrected chi connectivity index (χ0v) is 12.5. The maximum absolute atomic E-state index is 11.1. The maximum Gasteiger partial charge on any atom is 0.294 e. The van der Waals surface area contributed by atoms with Gasteiger partial charge in [-0.2, -0.15) is 0 Å². The number of hydrogen-bond donors (Lipinski definition) is 1. The van der Waals surface area contributed by atoms with Gasteiger partial charge in [0.1, 0.15) is 9.96 Å². The molecule has 1 unspecified atom stereocenters. The molecule has 1 aromatic heterocycles. The summed E-state index contributed by atoms with van der Waals surface area (Å²) in [5, 5.41) is 20.7. The van der Waals surface area contributed by atoms with Gasteiger partial charge in [0.15, 0.2) is 0 Å². The van der Waals surface area contributed by atoms with E-state index >= 15 is 0 Å². The molecule has 0 fully saturated rings. The first-order valence-corrected chi connectivity index (χ1v) is 7.43. The fraction of sp³-hybridized carbons (Fsp3) is 0.231. The number of ether oxygens (including phenoxy) is 1. The van der Waals surface area contributed by atoms with Crippen LogP contribution in [0.25, 0.3) is 0 Å². The Hall–Kier alpha value is -1.57. The number of thiophene rings is 1. The summed E-state index contributed by atoms with van der Waals surface area (Å²) in [5.41, 5.74) is 0.0156. The fourth-order valence-electron chi connectivity index (χ4n) is 1.59. The first-order valence-electron chi connectivity index (χ1n) is 5.80. The number of nitro groups is 1. The van der Waals surface area contributed by atoms with Crippen molar-refractivity contribution in [3.05, 3.63) is 45.3 Å². The number of aliphatic hydroxyl groups excluding tert-OH is 1. The van der Waals surface area contributed by atoms with Crippen LogP contribution >= 0.6 is 23.1 Å². The van der Waals surface area contributed by atoms with Crippen LogP contribution in [0.5, 0.6) is 5.75 Å². The van der Waals surface area contributed by atoms with Crippen molar-refractivity contribution in [1.82, 2.24) is 0 Å². The first kappa shape index (κ1) is 14.8. The Labute approximate surface area is 124 Å². The Balaban J connectivity index is 2.39. The zero-order chi connectivity index (χ0) is 14.7. The Kier molecular flexibility index (Phi) is 4.64. The summed E-state index contributed by atoms with van der Waals surface area (Å²) in [7, 11) is 1.56. The molecule has 0 aliphatic rings. The predicted molar refractivity (Wildman–Crippen MR) is 78.7 cm³/mol. The van der Waals surface area contributed by atoms with Gasteiger partial charge in [0.25, 0.3) is 5.69 Å². The second-order valence-electron chi connectivity index (χ2n) is 4.01. The lowest BCUT2D eigenvalue weighted by Gasteiger charge is -2.05. The van der Waals surface area contributed by atoms with Crippen LogP contribution in [0, 0.1) is 10.1 Å². The Morgan fingerprint density at radius 3 is 2.75 bits per heavy atom. The topological polar surface area (TPSA) is 72.6 Å². The average molecular weight is 311 g/mol. The van der Waals surface area contributed by atoms with Gasteiger partial charge in [0.05, 0.1) is 23.0 Å². The van der Waals surface area contributed by atoms with Gasteiger partial charge >= 0.3 is 0 Å². The van der Waals surface area contributed by atoms with Crippen molar-refractivity contribution in [3.8, 4) is 5.75 Å². The molecule has 0 saturated carbocycles. The van der Waals surface area contributed by atoms with Gasteiger partial charge in [-0.3, -0.25) is 10.1 Å². The van der Waals surface area contributed by atoms with Crippen LogP contribution in [-0.4, -0.2) is 17.1 Å². The van der Waals surface area contributed by atoms with Gasteiger partial charge in [0, 0.05) is 10.9 Å². The summed E-state index contributed by atoms with van der Waals surface area (Å²) in [4.78, 5) is 12.0. The normalized spacial score (nSPS) is 12.2. The summed E-state index contributed by atoms with van der Waals surface area (Å²) in [5.74, 6) is 0.666. The highest BCUT2D eigenvalue weighted by molar-refractivity contribution is 8.01. The van der Waals surface area contributed by atoms with E-state index in [2.05, 4.69) is 0 Å². The molecule has 20 heavy (non-hydrogen) atoms. The zero-order valence-electron chi connectivity index (χ0n) is 10.9. The van der Waals surface area contributed by atoms with E-state index in [1.807, 2.05) is 18.2 Å². The van der Waals surface area contributed by atoms with Crippen molar-refractivity contribution < 1.29 is 14.8 Å². The maximum atomic E-state index is 11.1. The highest BCUT2D eigenvalue weighted by atomic mass is 32.2. The lowest BCUT2D eigenvalue weighted by atomic mass is 10.3. The first-order chi connectivity index (χ1) is 9.52. The monoisotopic (exact) mass is 311 g/mol. The largest absolute Gasteiger partial charge is 0.496 e. The minimum Gasteiger partial charge on any atom is -0.496 e. The molecular formula is C13H13NO4S2. The van der Waals surface area contributed by atoms with Crippen LogP contribution < -0.4 is 4.74 Å². The molecule has 0 saturated heterocycles. The molecular weight excluding hydrogens is 298 g/mol. The molecule has 1 atom stereocenters. The second kappa shape index (κ2) is 6.25.